The van der Waals surface area contributed by atoms with Crippen molar-refractivity contribution in [2.45, 2.75) is 25.1 Å². The summed E-state index contributed by atoms with van der Waals surface area (Å²) in [5.74, 6) is 3.53. The molecular weight excluding hydrogens is 275 g/mol. The average molecular weight is 298 g/mol. The monoisotopic (exact) mass is 298 g/mol. The van der Waals surface area contributed by atoms with Crippen molar-refractivity contribution >= 4 is 36.7 Å². The van der Waals surface area contributed by atoms with Gasteiger partial charge in [-0.2, -0.15) is 0 Å². The number of thioether (sulfide) groups is 2. The Hall–Kier alpha value is 0.350. The second-order valence-electron chi connectivity index (χ2n) is 5.98. The van der Waals surface area contributed by atoms with Gasteiger partial charge in [-0.05, 0) is 34.8 Å². The van der Waals surface area contributed by atoms with Crippen LogP contribution in [0.1, 0.15) is 20.8 Å². The Bertz CT molecular complexity index is 364. The van der Waals surface area contributed by atoms with Crippen molar-refractivity contribution in [2.75, 3.05) is 18.2 Å². The summed E-state index contributed by atoms with van der Waals surface area (Å²) >= 11 is 4.39. The molecule has 0 aliphatic carbocycles. The topological polar surface area (TPSA) is 0 Å². The van der Waals surface area contributed by atoms with Gasteiger partial charge in [0.1, 0.15) is 0 Å². The van der Waals surface area contributed by atoms with Gasteiger partial charge in [0.05, 0.1) is 4.32 Å². The first-order valence-electron chi connectivity index (χ1n) is 6.49. The molecule has 1 aliphatic heterocycles. The van der Waals surface area contributed by atoms with Crippen LogP contribution in [0.5, 0.6) is 0 Å². The van der Waals surface area contributed by atoms with Crippen LogP contribution >= 0.6 is 31.4 Å². The van der Waals surface area contributed by atoms with E-state index >= 15 is 0 Å². The quantitative estimate of drug-likeness (QED) is 0.716. The van der Waals surface area contributed by atoms with Gasteiger partial charge < -0.3 is 0 Å². The average Bonchev–Trinajstić information content (AvgIpc) is 2.38. The van der Waals surface area contributed by atoms with Gasteiger partial charge in [0.2, 0.25) is 0 Å². The van der Waals surface area contributed by atoms with Crippen LogP contribution in [0.2, 0.25) is 0 Å². The van der Waals surface area contributed by atoms with Crippen LogP contribution in [0, 0.1) is 11.3 Å². The lowest BCUT2D eigenvalue weighted by atomic mass is 9.83. The molecule has 0 N–H and O–H groups in total. The third kappa shape index (κ3) is 3.68. The third-order valence-corrected chi connectivity index (χ3v) is 10.7. The van der Waals surface area contributed by atoms with Crippen LogP contribution in [-0.4, -0.2) is 22.5 Å². The first kappa shape index (κ1) is 14.8. The molecule has 0 nitrogen and oxygen atoms in total. The smallest absolute Gasteiger partial charge is 0.0734 e. The highest BCUT2D eigenvalue weighted by Gasteiger charge is 2.32. The summed E-state index contributed by atoms with van der Waals surface area (Å²) in [6.45, 7) is 9.58. The Morgan fingerprint density at radius 3 is 2.11 bits per heavy atom. The van der Waals surface area contributed by atoms with Crippen molar-refractivity contribution in [3.05, 3.63) is 30.3 Å². The Balaban J connectivity index is 1.94. The normalized spacial score (nSPS) is 26.9. The van der Waals surface area contributed by atoms with E-state index in [4.69, 9.17) is 0 Å². The molecule has 0 bridgehead atoms. The summed E-state index contributed by atoms with van der Waals surface area (Å²) in [7, 11) is -0.0228. The van der Waals surface area contributed by atoms with E-state index in [2.05, 4.69) is 81.3 Å². The Labute approximate surface area is 121 Å². The third-order valence-electron chi connectivity index (χ3n) is 3.58. The zero-order valence-electron chi connectivity index (χ0n) is 11.7. The molecule has 1 aromatic carbocycles. The molecule has 1 fully saturated rings. The van der Waals surface area contributed by atoms with Crippen LogP contribution in [0.15, 0.2) is 30.3 Å². The lowest BCUT2D eigenvalue weighted by Crippen LogP contribution is -2.29. The summed E-state index contributed by atoms with van der Waals surface area (Å²) in [6.07, 6.45) is 0. The fraction of sp³-hybridized carbons (Fsp3) is 0.600. The number of benzene rings is 1. The van der Waals surface area contributed by atoms with E-state index in [0.29, 0.717) is 5.41 Å². The van der Waals surface area contributed by atoms with Gasteiger partial charge >= 0.3 is 0 Å². The SMILES string of the molecule is CP(c1ccccc1)C1SCC(C(C)(C)C)CS1. The van der Waals surface area contributed by atoms with Gasteiger partial charge in [0.15, 0.2) is 0 Å². The molecule has 0 saturated carbocycles. The molecule has 1 unspecified atom stereocenters. The number of hydrogen-bond donors (Lipinski definition) is 0. The summed E-state index contributed by atoms with van der Waals surface area (Å²) in [5.41, 5.74) is 0.466. The van der Waals surface area contributed by atoms with E-state index in [9.17, 15) is 0 Å². The van der Waals surface area contributed by atoms with Crippen LogP contribution in [0.25, 0.3) is 0 Å². The van der Waals surface area contributed by atoms with Crippen molar-refractivity contribution < 1.29 is 0 Å². The van der Waals surface area contributed by atoms with E-state index in [1.165, 1.54) is 11.5 Å². The van der Waals surface area contributed by atoms with Crippen LogP contribution < -0.4 is 5.30 Å². The minimum absolute atomic E-state index is 0.0228. The van der Waals surface area contributed by atoms with Crippen LogP contribution in [0.4, 0.5) is 0 Å². The van der Waals surface area contributed by atoms with Gasteiger partial charge in [-0.1, -0.05) is 59.0 Å². The molecule has 2 rings (SSSR count). The molecule has 0 amide bonds. The molecule has 0 aromatic heterocycles. The summed E-state index contributed by atoms with van der Waals surface area (Å²) in [6, 6.07) is 11.0. The van der Waals surface area contributed by atoms with E-state index in [-0.39, 0.29) is 7.92 Å². The van der Waals surface area contributed by atoms with Crippen LogP contribution in [0.3, 0.4) is 0 Å². The molecule has 100 valence electrons. The van der Waals surface area contributed by atoms with Gasteiger partial charge in [-0.25, -0.2) is 0 Å². The maximum Gasteiger partial charge on any atom is 0.0734 e. The van der Waals surface area contributed by atoms with Crippen molar-refractivity contribution in [3.63, 3.8) is 0 Å². The first-order valence-corrected chi connectivity index (χ1v) is 10.4. The zero-order chi connectivity index (χ0) is 13.2. The molecule has 1 aromatic rings. The predicted molar refractivity (Wildman–Crippen MR) is 90.6 cm³/mol. The second-order valence-corrected chi connectivity index (χ2v) is 11.5. The minimum Gasteiger partial charge on any atom is -0.142 e. The lowest BCUT2D eigenvalue weighted by Gasteiger charge is -2.38. The van der Waals surface area contributed by atoms with Crippen molar-refractivity contribution in [1.29, 1.82) is 0 Å². The molecule has 0 spiro atoms. The Morgan fingerprint density at radius 1 is 1.06 bits per heavy atom. The molecule has 1 heterocycles. The summed E-state index contributed by atoms with van der Waals surface area (Å²) in [5, 5.41) is 1.55. The van der Waals surface area contributed by atoms with Gasteiger partial charge in [-0.3, -0.25) is 0 Å². The number of rotatable bonds is 2. The second kappa shape index (κ2) is 6.20. The predicted octanol–water partition coefficient (Wildman–Crippen LogP) is 4.85. The molecule has 1 saturated heterocycles. The number of hydrogen-bond acceptors (Lipinski definition) is 2. The van der Waals surface area contributed by atoms with E-state index in [1.54, 1.807) is 5.30 Å². The highest BCUT2D eigenvalue weighted by atomic mass is 32.2. The van der Waals surface area contributed by atoms with Gasteiger partial charge in [-0.15, -0.1) is 23.5 Å². The molecule has 0 radical (unpaired) electrons. The molecule has 18 heavy (non-hydrogen) atoms. The minimum atomic E-state index is -0.0228. The fourth-order valence-corrected chi connectivity index (χ4v) is 8.96. The van der Waals surface area contributed by atoms with E-state index in [0.717, 1.165) is 10.2 Å². The molecular formula is C15H23PS2. The summed E-state index contributed by atoms with van der Waals surface area (Å²) in [4.78, 5) is 0. The van der Waals surface area contributed by atoms with Gasteiger partial charge in [0.25, 0.3) is 0 Å². The van der Waals surface area contributed by atoms with Crippen molar-refractivity contribution in [3.8, 4) is 0 Å². The molecule has 1 atom stereocenters. The van der Waals surface area contributed by atoms with E-state index in [1.807, 2.05) is 0 Å². The highest BCUT2D eigenvalue weighted by Crippen LogP contribution is 2.54. The van der Waals surface area contributed by atoms with Crippen molar-refractivity contribution in [1.82, 2.24) is 0 Å². The van der Waals surface area contributed by atoms with Crippen molar-refractivity contribution in [2.24, 2.45) is 11.3 Å². The maximum atomic E-state index is 2.44. The Kier molecular flexibility index (Phi) is 5.08. The largest absolute Gasteiger partial charge is 0.142 e. The maximum absolute atomic E-state index is 2.44. The van der Waals surface area contributed by atoms with E-state index < -0.39 is 0 Å². The highest BCUT2D eigenvalue weighted by molar-refractivity contribution is 8.25. The molecule has 1 aliphatic rings. The lowest BCUT2D eigenvalue weighted by molar-refractivity contribution is 0.293. The van der Waals surface area contributed by atoms with Gasteiger partial charge in [0, 0.05) is 0 Å². The standard InChI is InChI=1S/C15H23PS2/c1-15(2,3)12-10-17-14(18-11-12)16(4)13-8-6-5-7-9-13/h5-9,12,14H,10-11H2,1-4H3. The zero-order valence-corrected chi connectivity index (χ0v) is 14.2. The molecule has 3 heteroatoms. The Morgan fingerprint density at radius 2 is 1.61 bits per heavy atom. The first-order chi connectivity index (χ1) is 8.48. The summed E-state index contributed by atoms with van der Waals surface area (Å²) < 4.78 is 0.793. The van der Waals surface area contributed by atoms with Crippen LogP contribution in [-0.2, 0) is 0 Å². The fourth-order valence-electron chi connectivity index (χ4n) is 2.00.